The third-order valence-electron chi connectivity index (χ3n) is 7.75. The van der Waals surface area contributed by atoms with E-state index in [1.807, 2.05) is 66.7 Å². The van der Waals surface area contributed by atoms with Gasteiger partial charge in [0, 0.05) is 0 Å². The van der Waals surface area contributed by atoms with Crippen molar-refractivity contribution in [3.8, 4) is 0 Å². The second-order valence-corrected chi connectivity index (χ2v) is 13.3. The van der Waals surface area contributed by atoms with Gasteiger partial charge in [-0.15, -0.1) is 0 Å². The molecule has 3 unspecified atom stereocenters. The van der Waals surface area contributed by atoms with Crippen LogP contribution in [0.3, 0.4) is 0 Å². The molecule has 0 bridgehead atoms. The largest absolute Gasteiger partial charge is 0.333 e. The maximum absolute atomic E-state index is 14.7. The van der Waals surface area contributed by atoms with Crippen molar-refractivity contribution in [2.45, 2.75) is 37.2 Å². The molecule has 2 fully saturated rings. The predicted molar refractivity (Wildman–Crippen MR) is 149 cm³/mol. The second kappa shape index (κ2) is 10.2. The fourth-order valence-electron chi connectivity index (χ4n) is 6.11. The van der Waals surface area contributed by atoms with Crippen LogP contribution < -0.4 is 15.9 Å². The van der Waals surface area contributed by atoms with Gasteiger partial charge in [0.2, 0.25) is 0 Å². The molecule has 5 heteroatoms. The Kier molecular flexibility index (Phi) is 6.63. The molecule has 0 radical (unpaired) electrons. The first-order valence-corrected chi connectivity index (χ1v) is 14.8. The summed E-state index contributed by atoms with van der Waals surface area (Å²) in [6, 6.07) is 37.8. The molecule has 2 saturated heterocycles. The van der Waals surface area contributed by atoms with E-state index in [9.17, 15) is 9.18 Å². The van der Waals surface area contributed by atoms with Gasteiger partial charge < -0.3 is 9.64 Å². The van der Waals surface area contributed by atoms with Crippen LogP contribution in [0, 0.1) is 5.82 Å². The quantitative estimate of drug-likeness (QED) is 0.327. The standard InChI is InChI=1S/C32H30FNO2P/c33-25-21-19-24(20-22-25)30-18-10-11-26-23-36-32(31(35)34(26)30)37(27-12-4-1-5-13-27,28-14-6-2-7-15-28)29-16-8-3-9-17-29/h1-9,12-17,19-22,26,30,32H,10-11,18,23H2/q+1. The minimum Gasteiger partial charge on any atom is -0.333 e. The highest BCUT2D eigenvalue weighted by atomic mass is 31.2. The van der Waals surface area contributed by atoms with Gasteiger partial charge in [-0.3, -0.25) is 4.79 Å². The minimum atomic E-state index is -2.55. The number of piperidine rings is 1. The average molecular weight is 511 g/mol. The Morgan fingerprint density at radius 3 is 1.73 bits per heavy atom. The van der Waals surface area contributed by atoms with Gasteiger partial charge in [0.15, 0.2) is 7.26 Å². The van der Waals surface area contributed by atoms with E-state index < -0.39 is 13.1 Å². The van der Waals surface area contributed by atoms with Gasteiger partial charge in [-0.05, 0) is 73.4 Å². The monoisotopic (exact) mass is 510 g/mol. The van der Waals surface area contributed by atoms with Crippen LogP contribution in [0.25, 0.3) is 0 Å². The topological polar surface area (TPSA) is 29.5 Å². The summed E-state index contributed by atoms with van der Waals surface area (Å²) in [5, 5.41) is 3.37. The van der Waals surface area contributed by atoms with E-state index in [1.165, 1.54) is 12.1 Å². The van der Waals surface area contributed by atoms with Crippen molar-refractivity contribution >= 4 is 29.1 Å². The van der Waals surface area contributed by atoms with Gasteiger partial charge in [0.1, 0.15) is 21.7 Å². The Hall–Kier alpha value is -3.33. The Morgan fingerprint density at radius 1 is 0.703 bits per heavy atom. The fourth-order valence-corrected chi connectivity index (χ4v) is 10.5. The van der Waals surface area contributed by atoms with Gasteiger partial charge in [-0.2, -0.15) is 0 Å². The van der Waals surface area contributed by atoms with E-state index in [-0.39, 0.29) is 23.8 Å². The number of hydrogen-bond acceptors (Lipinski definition) is 2. The molecule has 0 N–H and O–H groups in total. The molecule has 0 saturated carbocycles. The van der Waals surface area contributed by atoms with E-state index in [0.717, 1.165) is 40.7 Å². The lowest BCUT2D eigenvalue weighted by Gasteiger charge is -2.48. The summed E-state index contributed by atoms with van der Waals surface area (Å²) in [6.45, 7) is 0.502. The number of fused-ring (bicyclic) bond motifs is 1. The molecular formula is C32H30FNO2P+. The molecule has 186 valence electrons. The highest BCUT2D eigenvalue weighted by Crippen LogP contribution is 2.62. The first-order valence-electron chi connectivity index (χ1n) is 12.9. The summed E-state index contributed by atoms with van der Waals surface area (Å²) in [6.07, 6.45) is 2.80. The number of morpholine rings is 1. The predicted octanol–water partition coefficient (Wildman–Crippen LogP) is 5.60. The van der Waals surface area contributed by atoms with Crippen LogP contribution in [0.2, 0.25) is 0 Å². The number of rotatable bonds is 5. The molecule has 1 amide bonds. The summed E-state index contributed by atoms with van der Waals surface area (Å²) in [7, 11) is -2.55. The number of amides is 1. The molecule has 0 aromatic heterocycles. The Morgan fingerprint density at radius 2 is 1.22 bits per heavy atom. The van der Waals surface area contributed by atoms with Crippen molar-refractivity contribution in [2.24, 2.45) is 0 Å². The summed E-state index contributed by atoms with van der Waals surface area (Å²) < 4.78 is 20.4. The summed E-state index contributed by atoms with van der Waals surface area (Å²) in [5.41, 5.74) is 0.989. The molecule has 2 heterocycles. The lowest BCUT2D eigenvalue weighted by atomic mass is 9.90. The van der Waals surface area contributed by atoms with Crippen molar-refractivity contribution < 1.29 is 13.9 Å². The van der Waals surface area contributed by atoms with Gasteiger partial charge in [0.05, 0.1) is 18.7 Å². The summed E-state index contributed by atoms with van der Waals surface area (Å²) >= 11 is 0. The third-order valence-corrected chi connectivity index (χ3v) is 12.2. The van der Waals surface area contributed by atoms with Crippen LogP contribution in [0.5, 0.6) is 0 Å². The fraction of sp³-hybridized carbons (Fsp3) is 0.219. The SMILES string of the molecule is O=C1C([P+](c2ccccc2)(c2ccccc2)c2ccccc2)OCC2CCCC(c3ccc(F)cc3)N12. The van der Waals surface area contributed by atoms with Gasteiger partial charge in [-0.1, -0.05) is 66.7 Å². The number of carbonyl (C=O) groups is 1. The summed E-state index contributed by atoms with van der Waals surface area (Å²) in [5.74, 6) is -0.864. The molecule has 0 aliphatic carbocycles. The number of nitrogens with zero attached hydrogens (tertiary/aromatic N) is 1. The van der Waals surface area contributed by atoms with E-state index in [1.54, 1.807) is 0 Å². The van der Waals surface area contributed by atoms with Gasteiger partial charge >= 0.3 is 0 Å². The van der Waals surface area contributed by atoms with Crippen LogP contribution in [0.15, 0.2) is 115 Å². The zero-order valence-corrected chi connectivity index (χ0v) is 21.5. The Balaban J connectivity index is 1.54. The van der Waals surface area contributed by atoms with E-state index in [2.05, 4.69) is 41.3 Å². The first kappa shape index (κ1) is 24.0. The minimum absolute atomic E-state index is 0.0248. The highest BCUT2D eigenvalue weighted by molar-refractivity contribution is 7.96. The molecule has 37 heavy (non-hydrogen) atoms. The van der Waals surface area contributed by atoms with Crippen molar-refractivity contribution in [3.63, 3.8) is 0 Å². The molecule has 2 aliphatic rings. The maximum atomic E-state index is 14.7. The smallest absolute Gasteiger partial charge is 0.293 e. The zero-order valence-electron chi connectivity index (χ0n) is 20.6. The van der Waals surface area contributed by atoms with Crippen LogP contribution in [0.1, 0.15) is 30.9 Å². The lowest BCUT2D eigenvalue weighted by Crippen LogP contribution is -2.59. The van der Waals surface area contributed by atoms with Crippen LogP contribution in [0.4, 0.5) is 4.39 Å². The first-order chi connectivity index (χ1) is 18.2. The third kappa shape index (κ3) is 4.19. The van der Waals surface area contributed by atoms with Crippen LogP contribution >= 0.6 is 7.26 Å². The normalized spacial score (nSPS) is 21.9. The van der Waals surface area contributed by atoms with Gasteiger partial charge in [-0.25, -0.2) is 4.39 Å². The van der Waals surface area contributed by atoms with Crippen molar-refractivity contribution in [1.82, 2.24) is 4.90 Å². The number of carbonyl (C=O) groups excluding carboxylic acids is 1. The number of ether oxygens (including phenoxy) is 1. The Labute approximate surface area is 218 Å². The molecule has 6 rings (SSSR count). The van der Waals surface area contributed by atoms with E-state index >= 15 is 0 Å². The average Bonchev–Trinajstić information content (AvgIpc) is 2.96. The van der Waals surface area contributed by atoms with Crippen molar-refractivity contribution in [1.29, 1.82) is 0 Å². The number of halogens is 1. The van der Waals surface area contributed by atoms with E-state index in [0.29, 0.717) is 6.61 Å². The Bertz CT molecular complexity index is 1250. The molecule has 4 aromatic rings. The van der Waals surface area contributed by atoms with Crippen molar-refractivity contribution in [2.75, 3.05) is 6.61 Å². The molecule has 2 aliphatic heterocycles. The highest BCUT2D eigenvalue weighted by Gasteiger charge is 2.61. The summed E-state index contributed by atoms with van der Waals surface area (Å²) in [4.78, 5) is 16.8. The van der Waals surface area contributed by atoms with E-state index in [4.69, 9.17) is 4.74 Å². The molecule has 3 nitrogen and oxygen atoms in total. The maximum Gasteiger partial charge on any atom is 0.293 e. The van der Waals surface area contributed by atoms with Crippen LogP contribution in [-0.4, -0.2) is 29.3 Å². The second-order valence-electron chi connectivity index (χ2n) is 9.81. The number of hydrogen-bond donors (Lipinski definition) is 0. The number of benzene rings is 4. The van der Waals surface area contributed by atoms with Crippen molar-refractivity contribution in [3.05, 3.63) is 127 Å². The van der Waals surface area contributed by atoms with Gasteiger partial charge in [0.25, 0.3) is 11.8 Å². The lowest BCUT2D eigenvalue weighted by molar-refractivity contribution is -0.159. The molecule has 3 atom stereocenters. The van der Waals surface area contributed by atoms with Crippen LogP contribution in [-0.2, 0) is 9.53 Å². The zero-order chi connectivity index (χ0) is 25.2. The molecular weight excluding hydrogens is 480 g/mol. The molecule has 0 spiro atoms. The molecule has 4 aromatic carbocycles.